The minimum Gasteiger partial charge on any atom is -0.324 e. The molecule has 0 aliphatic heterocycles. The zero-order chi connectivity index (χ0) is 15.5. The second-order valence-corrected chi connectivity index (χ2v) is 4.45. The minimum absolute atomic E-state index is 0.263. The molecule has 0 unspecified atom stereocenters. The number of hydrogen-bond donors (Lipinski definition) is 2. The van der Waals surface area contributed by atoms with E-state index >= 15 is 0 Å². The van der Waals surface area contributed by atoms with Gasteiger partial charge in [-0.15, -0.1) is 0 Å². The molecule has 0 heterocycles. The number of nitrogens with one attached hydrogen (secondary N) is 1. The number of nitrogens with two attached hydrogens (primary N) is 1. The van der Waals surface area contributed by atoms with E-state index in [1.54, 1.807) is 30.3 Å². The van der Waals surface area contributed by atoms with Gasteiger partial charge in [-0.2, -0.15) is 13.2 Å². The SMILES string of the molecule is N[C@@H](C(=O)Nc1ccc(C(F)(F)F)cc1)c1ccccc1. The Morgan fingerprint density at radius 2 is 1.57 bits per heavy atom. The van der Waals surface area contributed by atoms with E-state index in [-0.39, 0.29) is 5.69 Å². The first kappa shape index (κ1) is 15.1. The van der Waals surface area contributed by atoms with Crippen LogP contribution in [0, 0.1) is 0 Å². The van der Waals surface area contributed by atoms with Crippen LogP contribution < -0.4 is 11.1 Å². The molecule has 0 bridgehead atoms. The molecule has 0 radical (unpaired) electrons. The van der Waals surface area contributed by atoms with Gasteiger partial charge in [0.05, 0.1) is 5.56 Å². The van der Waals surface area contributed by atoms with Crippen molar-refractivity contribution in [3.05, 3.63) is 65.7 Å². The lowest BCUT2D eigenvalue weighted by molar-refractivity contribution is -0.137. The smallest absolute Gasteiger partial charge is 0.324 e. The lowest BCUT2D eigenvalue weighted by atomic mass is 10.1. The second kappa shape index (κ2) is 5.97. The third-order valence-corrected chi connectivity index (χ3v) is 2.92. The molecule has 2 aromatic rings. The highest BCUT2D eigenvalue weighted by atomic mass is 19.4. The topological polar surface area (TPSA) is 55.1 Å². The molecule has 0 aliphatic rings. The lowest BCUT2D eigenvalue weighted by Gasteiger charge is -2.13. The number of alkyl halides is 3. The zero-order valence-electron chi connectivity index (χ0n) is 10.9. The summed E-state index contributed by atoms with van der Waals surface area (Å²) >= 11 is 0. The van der Waals surface area contributed by atoms with Crippen LogP contribution in [0.15, 0.2) is 54.6 Å². The first-order valence-corrected chi connectivity index (χ1v) is 6.16. The number of amides is 1. The zero-order valence-corrected chi connectivity index (χ0v) is 10.9. The van der Waals surface area contributed by atoms with Crippen LogP contribution in [0.5, 0.6) is 0 Å². The van der Waals surface area contributed by atoms with Crippen molar-refractivity contribution < 1.29 is 18.0 Å². The summed E-state index contributed by atoms with van der Waals surface area (Å²) in [6.07, 6.45) is -4.40. The van der Waals surface area contributed by atoms with Gasteiger partial charge >= 0.3 is 6.18 Å². The summed E-state index contributed by atoms with van der Waals surface area (Å²) in [5.41, 5.74) is 5.91. The summed E-state index contributed by atoms with van der Waals surface area (Å²) in [6.45, 7) is 0. The van der Waals surface area contributed by atoms with Crippen LogP contribution in [0.2, 0.25) is 0 Å². The number of hydrogen-bond acceptors (Lipinski definition) is 2. The average Bonchev–Trinajstić information content (AvgIpc) is 2.47. The molecule has 2 aromatic carbocycles. The molecule has 1 amide bonds. The monoisotopic (exact) mass is 294 g/mol. The highest BCUT2D eigenvalue weighted by Crippen LogP contribution is 2.29. The van der Waals surface area contributed by atoms with E-state index < -0.39 is 23.7 Å². The van der Waals surface area contributed by atoms with Crippen LogP contribution in [-0.4, -0.2) is 5.91 Å². The molecule has 1 atom stereocenters. The Labute approximate surface area is 119 Å². The Bertz CT molecular complexity index is 609. The van der Waals surface area contributed by atoms with Crippen LogP contribution in [0.25, 0.3) is 0 Å². The first-order valence-electron chi connectivity index (χ1n) is 6.16. The van der Waals surface area contributed by atoms with Crippen LogP contribution in [-0.2, 0) is 11.0 Å². The molecule has 0 fully saturated rings. The molecule has 2 rings (SSSR count). The van der Waals surface area contributed by atoms with Gasteiger partial charge in [0.25, 0.3) is 0 Å². The maximum absolute atomic E-state index is 12.4. The molecular formula is C15H13F3N2O. The molecule has 3 N–H and O–H groups in total. The molecule has 3 nitrogen and oxygen atoms in total. The van der Waals surface area contributed by atoms with Gasteiger partial charge < -0.3 is 11.1 Å². The highest BCUT2D eigenvalue weighted by Gasteiger charge is 2.30. The Morgan fingerprint density at radius 3 is 2.10 bits per heavy atom. The first-order chi connectivity index (χ1) is 9.88. The van der Waals surface area contributed by atoms with Crippen molar-refractivity contribution in [3.8, 4) is 0 Å². The van der Waals surface area contributed by atoms with E-state index in [1.165, 1.54) is 12.1 Å². The highest BCUT2D eigenvalue weighted by molar-refractivity contribution is 5.95. The standard InChI is InChI=1S/C15H13F3N2O/c16-15(17,18)11-6-8-12(9-7-11)20-14(21)13(19)10-4-2-1-3-5-10/h1-9,13H,19H2,(H,20,21)/t13-/m1/s1. The maximum atomic E-state index is 12.4. The van der Waals surface area contributed by atoms with Crippen LogP contribution in [0.3, 0.4) is 0 Å². The molecule has 0 saturated carbocycles. The maximum Gasteiger partial charge on any atom is 0.416 e. The van der Waals surface area contributed by atoms with Gasteiger partial charge in [-0.25, -0.2) is 0 Å². The van der Waals surface area contributed by atoms with Crippen LogP contribution in [0.4, 0.5) is 18.9 Å². The number of halogens is 3. The minimum atomic E-state index is -4.40. The summed E-state index contributed by atoms with van der Waals surface area (Å²) in [7, 11) is 0. The lowest BCUT2D eigenvalue weighted by Crippen LogP contribution is -2.27. The molecule has 21 heavy (non-hydrogen) atoms. The Morgan fingerprint density at radius 1 is 1.00 bits per heavy atom. The molecular weight excluding hydrogens is 281 g/mol. The Hall–Kier alpha value is -2.34. The summed E-state index contributed by atoms with van der Waals surface area (Å²) in [5, 5.41) is 2.49. The number of anilines is 1. The van der Waals surface area contributed by atoms with Gasteiger partial charge in [0.1, 0.15) is 6.04 Å². The number of carbonyl (C=O) groups is 1. The number of benzene rings is 2. The summed E-state index contributed by atoms with van der Waals surface area (Å²) in [4.78, 5) is 11.9. The Kier molecular flexibility index (Phi) is 4.28. The van der Waals surface area contributed by atoms with Crippen molar-refractivity contribution >= 4 is 11.6 Å². The predicted molar refractivity (Wildman–Crippen MR) is 73.4 cm³/mol. The van der Waals surface area contributed by atoms with Gasteiger partial charge in [-0.1, -0.05) is 30.3 Å². The normalized spacial score (nSPS) is 12.8. The quantitative estimate of drug-likeness (QED) is 0.912. The number of rotatable bonds is 3. The average molecular weight is 294 g/mol. The molecule has 110 valence electrons. The fourth-order valence-corrected chi connectivity index (χ4v) is 1.77. The van der Waals surface area contributed by atoms with Gasteiger partial charge in [-0.05, 0) is 29.8 Å². The van der Waals surface area contributed by atoms with E-state index in [0.29, 0.717) is 5.56 Å². The van der Waals surface area contributed by atoms with Crippen molar-refractivity contribution in [1.29, 1.82) is 0 Å². The van der Waals surface area contributed by atoms with Gasteiger partial charge in [0.15, 0.2) is 0 Å². The third-order valence-electron chi connectivity index (χ3n) is 2.92. The Balaban J connectivity index is 2.06. The van der Waals surface area contributed by atoms with E-state index in [1.807, 2.05) is 0 Å². The van der Waals surface area contributed by atoms with Crippen molar-refractivity contribution in [2.75, 3.05) is 5.32 Å². The molecule has 6 heteroatoms. The second-order valence-electron chi connectivity index (χ2n) is 4.45. The summed E-state index contributed by atoms with van der Waals surface area (Å²) in [5.74, 6) is -0.485. The van der Waals surface area contributed by atoms with Gasteiger partial charge in [-0.3, -0.25) is 4.79 Å². The molecule has 0 saturated heterocycles. The van der Waals surface area contributed by atoms with Gasteiger partial charge in [0.2, 0.25) is 5.91 Å². The molecule has 0 spiro atoms. The molecule has 0 aliphatic carbocycles. The van der Waals surface area contributed by atoms with E-state index in [4.69, 9.17) is 5.73 Å². The van der Waals surface area contributed by atoms with Crippen LogP contribution in [0.1, 0.15) is 17.2 Å². The fraction of sp³-hybridized carbons (Fsp3) is 0.133. The van der Waals surface area contributed by atoms with E-state index in [2.05, 4.69) is 5.32 Å². The molecule has 0 aromatic heterocycles. The third kappa shape index (κ3) is 3.82. The van der Waals surface area contributed by atoms with Crippen LogP contribution >= 0.6 is 0 Å². The fourth-order valence-electron chi connectivity index (χ4n) is 1.77. The van der Waals surface area contributed by atoms with Gasteiger partial charge in [0, 0.05) is 5.69 Å². The van der Waals surface area contributed by atoms with Crippen molar-refractivity contribution in [2.24, 2.45) is 5.73 Å². The van der Waals surface area contributed by atoms with E-state index in [9.17, 15) is 18.0 Å². The summed E-state index contributed by atoms with van der Waals surface area (Å²) in [6, 6.07) is 12.0. The number of carbonyl (C=O) groups excluding carboxylic acids is 1. The summed E-state index contributed by atoms with van der Waals surface area (Å²) < 4.78 is 37.3. The predicted octanol–water partition coefficient (Wildman–Crippen LogP) is 3.34. The van der Waals surface area contributed by atoms with E-state index in [0.717, 1.165) is 12.1 Å². The van der Waals surface area contributed by atoms with Crippen molar-refractivity contribution in [3.63, 3.8) is 0 Å². The largest absolute Gasteiger partial charge is 0.416 e. The van der Waals surface area contributed by atoms with Crippen molar-refractivity contribution in [2.45, 2.75) is 12.2 Å². The van der Waals surface area contributed by atoms with Crippen molar-refractivity contribution in [1.82, 2.24) is 0 Å².